The molecule has 0 fully saturated rings. The molecule has 0 bridgehead atoms. The highest BCUT2D eigenvalue weighted by Gasteiger charge is 2.10. The number of unbranched alkanes of at least 4 members (excludes halogenated alkanes) is 14. The van der Waals surface area contributed by atoms with E-state index in [1.165, 1.54) is 89.9 Å². The molecule has 0 N–H and O–H groups in total. The van der Waals surface area contributed by atoms with E-state index in [1.807, 2.05) is 0 Å². The van der Waals surface area contributed by atoms with Crippen LogP contribution in [0.5, 0.6) is 0 Å². The Morgan fingerprint density at radius 2 is 1.19 bits per heavy atom. The van der Waals surface area contributed by atoms with Crippen molar-refractivity contribution < 1.29 is 9.53 Å². The summed E-state index contributed by atoms with van der Waals surface area (Å²) < 4.78 is 5.32. The fourth-order valence-corrected chi connectivity index (χ4v) is 3.18. The topological polar surface area (TPSA) is 26.3 Å². The molecule has 2 nitrogen and oxygen atoms in total. The summed E-state index contributed by atoms with van der Waals surface area (Å²) in [4.78, 5) is 11.5. The molecule has 26 heavy (non-hydrogen) atoms. The van der Waals surface area contributed by atoms with E-state index in [2.05, 4.69) is 20.1 Å². The Kier molecular flexibility index (Phi) is 18.0. The Balaban J connectivity index is 3.31. The lowest BCUT2D eigenvalue weighted by atomic mass is 10.0. The number of esters is 1. The SMILES string of the molecule is C=CC(CCCCCCCCCCCCCCCCC)OC(=O)C(=C)C. The highest BCUT2D eigenvalue weighted by Crippen LogP contribution is 2.15. The number of carbonyl (C=O) groups is 1. The van der Waals surface area contributed by atoms with Gasteiger partial charge in [0.25, 0.3) is 0 Å². The Morgan fingerprint density at radius 1 is 0.808 bits per heavy atom. The minimum absolute atomic E-state index is 0.166. The molecule has 152 valence electrons. The van der Waals surface area contributed by atoms with E-state index in [1.54, 1.807) is 13.0 Å². The van der Waals surface area contributed by atoms with Gasteiger partial charge in [0.2, 0.25) is 0 Å². The van der Waals surface area contributed by atoms with Crippen molar-refractivity contribution in [2.75, 3.05) is 0 Å². The standard InChI is InChI=1S/C24H44O2/c1-5-7-8-9-10-11-12-13-14-15-16-17-18-19-20-21-23(6-2)26-24(25)22(3)4/h6,23H,2-3,5,7-21H2,1,4H3. The van der Waals surface area contributed by atoms with Crippen molar-refractivity contribution in [1.82, 2.24) is 0 Å². The second-order valence-electron chi connectivity index (χ2n) is 7.70. The number of hydrogen-bond donors (Lipinski definition) is 0. The molecule has 0 aromatic carbocycles. The van der Waals surface area contributed by atoms with Crippen molar-refractivity contribution in [3.05, 3.63) is 24.8 Å². The predicted octanol–water partition coefficient (Wildman–Crippen LogP) is 7.92. The van der Waals surface area contributed by atoms with Gasteiger partial charge in [0.1, 0.15) is 6.10 Å². The maximum Gasteiger partial charge on any atom is 0.333 e. The monoisotopic (exact) mass is 364 g/mol. The molecule has 0 aliphatic rings. The number of carbonyl (C=O) groups excluding carboxylic acids is 1. The molecule has 0 radical (unpaired) electrons. The molecular weight excluding hydrogens is 320 g/mol. The zero-order valence-electron chi connectivity index (χ0n) is 17.7. The maximum absolute atomic E-state index is 11.5. The number of rotatable bonds is 19. The third kappa shape index (κ3) is 16.4. The van der Waals surface area contributed by atoms with E-state index < -0.39 is 0 Å². The number of ether oxygens (including phenoxy) is 1. The normalized spacial score (nSPS) is 11.9. The van der Waals surface area contributed by atoms with Crippen LogP contribution in [-0.4, -0.2) is 12.1 Å². The summed E-state index contributed by atoms with van der Waals surface area (Å²) >= 11 is 0. The summed E-state index contributed by atoms with van der Waals surface area (Å²) in [6.45, 7) is 11.3. The Morgan fingerprint density at radius 3 is 1.54 bits per heavy atom. The first kappa shape index (κ1) is 24.9. The van der Waals surface area contributed by atoms with Crippen LogP contribution < -0.4 is 0 Å². The summed E-state index contributed by atoms with van der Waals surface area (Å²) in [5.41, 5.74) is 0.452. The number of hydrogen-bond acceptors (Lipinski definition) is 2. The van der Waals surface area contributed by atoms with Crippen LogP contribution in [0.25, 0.3) is 0 Å². The smallest absolute Gasteiger partial charge is 0.333 e. The third-order valence-corrected chi connectivity index (χ3v) is 4.96. The fraction of sp³-hybridized carbons (Fsp3) is 0.792. The van der Waals surface area contributed by atoms with E-state index in [4.69, 9.17) is 4.74 Å². The fourth-order valence-electron chi connectivity index (χ4n) is 3.18. The molecule has 0 saturated carbocycles. The van der Waals surface area contributed by atoms with Gasteiger partial charge in [0, 0.05) is 5.57 Å². The van der Waals surface area contributed by atoms with Crippen molar-refractivity contribution in [3.8, 4) is 0 Å². The van der Waals surface area contributed by atoms with Gasteiger partial charge in [-0.1, -0.05) is 116 Å². The first-order valence-corrected chi connectivity index (χ1v) is 11.1. The second-order valence-corrected chi connectivity index (χ2v) is 7.70. The van der Waals surface area contributed by atoms with Crippen molar-refractivity contribution in [2.24, 2.45) is 0 Å². The molecule has 0 aliphatic carbocycles. The van der Waals surface area contributed by atoms with E-state index in [0.717, 1.165) is 12.8 Å². The quantitative estimate of drug-likeness (QED) is 0.101. The summed E-state index contributed by atoms with van der Waals surface area (Å²) in [7, 11) is 0. The van der Waals surface area contributed by atoms with Gasteiger partial charge in [0.15, 0.2) is 0 Å². The molecule has 0 spiro atoms. The lowest BCUT2D eigenvalue weighted by Crippen LogP contribution is -2.16. The lowest BCUT2D eigenvalue weighted by Gasteiger charge is -2.13. The van der Waals surface area contributed by atoms with Gasteiger partial charge in [-0.25, -0.2) is 4.79 Å². The van der Waals surface area contributed by atoms with E-state index in [-0.39, 0.29) is 12.1 Å². The summed E-state index contributed by atoms with van der Waals surface area (Å²) in [5.74, 6) is -0.309. The van der Waals surface area contributed by atoms with Crippen LogP contribution >= 0.6 is 0 Å². The van der Waals surface area contributed by atoms with Gasteiger partial charge in [0.05, 0.1) is 0 Å². The van der Waals surface area contributed by atoms with Crippen molar-refractivity contribution in [3.63, 3.8) is 0 Å². The second kappa shape index (κ2) is 18.7. The molecule has 0 aliphatic heterocycles. The zero-order chi connectivity index (χ0) is 19.5. The summed E-state index contributed by atoms with van der Waals surface area (Å²) in [6, 6.07) is 0. The molecule has 0 amide bonds. The van der Waals surface area contributed by atoms with Crippen LogP contribution in [0.2, 0.25) is 0 Å². The highest BCUT2D eigenvalue weighted by molar-refractivity contribution is 5.87. The highest BCUT2D eigenvalue weighted by atomic mass is 16.5. The summed E-state index contributed by atoms with van der Waals surface area (Å²) in [6.07, 6.45) is 22.9. The van der Waals surface area contributed by atoms with Gasteiger partial charge < -0.3 is 4.74 Å². The Labute approximate surface area is 163 Å². The van der Waals surface area contributed by atoms with Crippen LogP contribution in [0, 0.1) is 0 Å². The van der Waals surface area contributed by atoms with Gasteiger partial charge >= 0.3 is 5.97 Å². The predicted molar refractivity (Wildman–Crippen MR) is 114 cm³/mol. The van der Waals surface area contributed by atoms with Crippen LogP contribution in [0.4, 0.5) is 0 Å². The third-order valence-electron chi connectivity index (χ3n) is 4.96. The minimum atomic E-state index is -0.309. The van der Waals surface area contributed by atoms with Crippen LogP contribution in [0.15, 0.2) is 24.8 Å². The van der Waals surface area contributed by atoms with Crippen molar-refractivity contribution in [1.29, 1.82) is 0 Å². The molecule has 1 unspecified atom stereocenters. The first-order valence-electron chi connectivity index (χ1n) is 11.1. The zero-order valence-corrected chi connectivity index (χ0v) is 17.7. The lowest BCUT2D eigenvalue weighted by molar-refractivity contribution is -0.142. The Hall–Kier alpha value is -1.05. The van der Waals surface area contributed by atoms with E-state index >= 15 is 0 Å². The average molecular weight is 365 g/mol. The van der Waals surface area contributed by atoms with E-state index in [9.17, 15) is 4.79 Å². The largest absolute Gasteiger partial charge is 0.455 e. The molecule has 2 heteroatoms. The summed E-state index contributed by atoms with van der Waals surface area (Å²) in [5, 5.41) is 0. The van der Waals surface area contributed by atoms with Gasteiger partial charge in [-0.05, 0) is 19.8 Å². The molecule has 0 rings (SSSR count). The maximum atomic E-state index is 11.5. The van der Waals surface area contributed by atoms with Gasteiger partial charge in [-0.15, -0.1) is 0 Å². The van der Waals surface area contributed by atoms with Gasteiger partial charge in [-0.3, -0.25) is 0 Å². The van der Waals surface area contributed by atoms with E-state index in [0.29, 0.717) is 5.57 Å². The molecule has 0 heterocycles. The molecular formula is C24H44O2. The Bertz CT molecular complexity index is 359. The average Bonchev–Trinajstić information content (AvgIpc) is 2.63. The van der Waals surface area contributed by atoms with Gasteiger partial charge in [-0.2, -0.15) is 0 Å². The molecule has 0 saturated heterocycles. The van der Waals surface area contributed by atoms with Crippen LogP contribution in [0.3, 0.4) is 0 Å². The molecule has 1 atom stereocenters. The van der Waals surface area contributed by atoms with Crippen LogP contribution in [0.1, 0.15) is 117 Å². The first-order chi connectivity index (χ1) is 12.6. The molecule has 0 aromatic rings. The van der Waals surface area contributed by atoms with Crippen molar-refractivity contribution in [2.45, 2.75) is 123 Å². The molecule has 0 aromatic heterocycles. The van der Waals surface area contributed by atoms with Crippen molar-refractivity contribution >= 4 is 5.97 Å². The minimum Gasteiger partial charge on any atom is -0.455 e. The van der Waals surface area contributed by atoms with Crippen LogP contribution in [-0.2, 0) is 9.53 Å².